The van der Waals surface area contributed by atoms with Crippen LogP contribution in [0.15, 0.2) is 12.5 Å². The highest BCUT2D eigenvalue weighted by Gasteiger charge is 2.22. The average Bonchev–Trinajstić information content (AvgIpc) is 2.49. The molecule has 0 saturated heterocycles. The van der Waals surface area contributed by atoms with Gasteiger partial charge in [0.1, 0.15) is 6.20 Å². The van der Waals surface area contributed by atoms with Crippen molar-refractivity contribution < 1.29 is 0 Å². The lowest BCUT2D eigenvalue weighted by Crippen LogP contribution is -1.85. The maximum Gasteiger partial charge on any atom is 0.108 e. The third-order valence-electron chi connectivity index (χ3n) is 1.44. The first-order valence-corrected chi connectivity index (χ1v) is 2.86. The lowest BCUT2D eigenvalue weighted by atomic mass is 10.7. The lowest BCUT2D eigenvalue weighted by molar-refractivity contribution is 0.740. The van der Waals surface area contributed by atoms with E-state index in [9.17, 15) is 0 Å². The van der Waals surface area contributed by atoms with Crippen molar-refractivity contribution in [1.29, 1.82) is 0 Å². The molecule has 8 heavy (non-hydrogen) atoms. The zero-order valence-corrected chi connectivity index (χ0v) is 4.54. The van der Waals surface area contributed by atoms with Crippen LogP contribution in [0, 0.1) is 6.20 Å². The Morgan fingerprint density at radius 1 is 1.62 bits per heavy atom. The molecular formula is C6H7N2. The Morgan fingerprint density at radius 3 is 3.00 bits per heavy atom. The summed E-state index contributed by atoms with van der Waals surface area (Å²) in [5.41, 5.74) is 0. The Kier molecular flexibility index (Phi) is 0.692. The van der Waals surface area contributed by atoms with Gasteiger partial charge in [0.05, 0.1) is 6.33 Å². The molecule has 1 aliphatic carbocycles. The van der Waals surface area contributed by atoms with Crippen molar-refractivity contribution in [3.63, 3.8) is 0 Å². The Bertz CT molecular complexity index is 163. The predicted molar refractivity (Wildman–Crippen MR) is 29.3 cm³/mol. The lowest BCUT2D eigenvalue weighted by Gasteiger charge is -1.91. The third-order valence-corrected chi connectivity index (χ3v) is 1.44. The maximum atomic E-state index is 3.82. The first-order valence-electron chi connectivity index (χ1n) is 2.86. The zero-order valence-electron chi connectivity index (χ0n) is 4.54. The van der Waals surface area contributed by atoms with Gasteiger partial charge in [0.2, 0.25) is 0 Å². The molecule has 1 fully saturated rings. The molecule has 0 N–H and O–H groups in total. The summed E-state index contributed by atoms with van der Waals surface area (Å²) in [5.74, 6) is 0. The predicted octanol–water partition coefficient (Wildman–Crippen LogP) is 1.02. The summed E-state index contributed by atoms with van der Waals surface area (Å²) in [6.45, 7) is 0. The summed E-state index contributed by atoms with van der Waals surface area (Å²) in [6.07, 6.45) is 9.14. The summed E-state index contributed by atoms with van der Waals surface area (Å²) in [7, 11) is 0. The summed E-state index contributed by atoms with van der Waals surface area (Å²) < 4.78 is 2.11. The van der Waals surface area contributed by atoms with Gasteiger partial charge in [-0.1, -0.05) is 0 Å². The van der Waals surface area contributed by atoms with E-state index in [4.69, 9.17) is 0 Å². The van der Waals surface area contributed by atoms with E-state index in [-0.39, 0.29) is 0 Å². The van der Waals surface area contributed by atoms with Gasteiger partial charge in [-0.2, -0.15) is 0 Å². The van der Waals surface area contributed by atoms with E-state index in [0.717, 1.165) is 6.04 Å². The molecule has 2 nitrogen and oxygen atoms in total. The van der Waals surface area contributed by atoms with Gasteiger partial charge < -0.3 is 4.57 Å². The quantitative estimate of drug-likeness (QED) is 0.524. The molecule has 1 radical (unpaired) electrons. The van der Waals surface area contributed by atoms with Crippen LogP contribution in [0.1, 0.15) is 18.9 Å². The minimum Gasteiger partial charge on any atom is -0.334 e. The Morgan fingerprint density at radius 2 is 2.50 bits per heavy atom. The summed E-state index contributed by atoms with van der Waals surface area (Å²) in [5, 5.41) is 0. The molecule has 0 spiro atoms. The van der Waals surface area contributed by atoms with Crippen molar-refractivity contribution in [1.82, 2.24) is 9.55 Å². The largest absolute Gasteiger partial charge is 0.334 e. The summed E-state index contributed by atoms with van der Waals surface area (Å²) in [6, 6.07) is 0.758. The second-order valence-electron chi connectivity index (χ2n) is 2.18. The molecule has 0 atom stereocenters. The Hall–Kier alpha value is -0.790. The molecule has 2 rings (SSSR count). The number of rotatable bonds is 1. The van der Waals surface area contributed by atoms with Crippen molar-refractivity contribution >= 4 is 0 Å². The van der Waals surface area contributed by atoms with Crippen molar-refractivity contribution in [3.05, 3.63) is 18.7 Å². The molecule has 0 amide bonds. The maximum absolute atomic E-state index is 3.82. The first-order chi connectivity index (χ1) is 3.97. The van der Waals surface area contributed by atoms with E-state index < -0.39 is 0 Å². The van der Waals surface area contributed by atoms with Crippen LogP contribution in [0.5, 0.6) is 0 Å². The standard InChI is InChI=1S/C6H7N2/c1-2-6(1)8-4-3-7-5-8/h4-6H,1-2H2. The Balaban J connectivity index is 2.28. The number of hydrogen-bond donors (Lipinski definition) is 0. The number of hydrogen-bond acceptors (Lipinski definition) is 1. The van der Waals surface area contributed by atoms with E-state index >= 15 is 0 Å². The van der Waals surface area contributed by atoms with Crippen LogP contribution >= 0.6 is 0 Å². The molecule has 0 unspecified atom stereocenters. The van der Waals surface area contributed by atoms with Gasteiger partial charge in [-0.15, -0.1) is 0 Å². The third kappa shape index (κ3) is 0.529. The van der Waals surface area contributed by atoms with Gasteiger partial charge in [0.25, 0.3) is 0 Å². The monoisotopic (exact) mass is 107 g/mol. The van der Waals surface area contributed by atoms with Gasteiger partial charge >= 0.3 is 0 Å². The molecule has 1 saturated carbocycles. The van der Waals surface area contributed by atoms with Crippen molar-refractivity contribution in [2.24, 2.45) is 0 Å². The van der Waals surface area contributed by atoms with Crippen molar-refractivity contribution in [3.8, 4) is 0 Å². The van der Waals surface area contributed by atoms with Crippen LogP contribution in [-0.4, -0.2) is 9.55 Å². The van der Waals surface area contributed by atoms with E-state index in [0.29, 0.717) is 0 Å². The Labute approximate surface area is 48.2 Å². The van der Waals surface area contributed by atoms with Gasteiger partial charge in [-0.3, -0.25) is 0 Å². The number of imidazole rings is 1. The van der Waals surface area contributed by atoms with E-state index in [2.05, 4.69) is 15.7 Å². The van der Waals surface area contributed by atoms with Crippen LogP contribution in [0.4, 0.5) is 0 Å². The molecule has 0 aliphatic heterocycles. The highest BCUT2D eigenvalue weighted by molar-refractivity contribution is 4.86. The van der Waals surface area contributed by atoms with Crippen molar-refractivity contribution in [2.45, 2.75) is 18.9 Å². The average molecular weight is 107 g/mol. The minimum absolute atomic E-state index is 0.758. The molecule has 0 bridgehead atoms. The zero-order chi connectivity index (χ0) is 5.40. The smallest absolute Gasteiger partial charge is 0.108 e. The number of nitrogens with zero attached hydrogens (tertiary/aromatic N) is 2. The molecule has 0 aromatic carbocycles. The van der Waals surface area contributed by atoms with E-state index in [1.807, 2.05) is 12.5 Å². The summed E-state index contributed by atoms with van der Waals surface area (Å²) in [4.78, 5) is 3.82. The molecule has 41 valence electrons. The molecular weight excluding hydrogens is 100 g/mol. The van der Waals surface area contributed by atoms with Gasteiger partial charge in [-0.25, -0.2) is 4.98 Å². The van der Waals surface area contributed by atoms with Crippen molar-refractivity contribution in [2.75, 3.05) is 0 Å². The van der Waals surface area contributed by atoms with E-state index in [1.165, 1.54) is 12.8 Å². The van der Waals surface area contributed by atoms with Crippen LogP contribution in [-0.2, 0) is 0 Å². The summed E-state index contributed by atoms with van der Waals surface area (Å²) >= 11 is 0. The second-order valence-corrected chi connectivity index (χ2v) is 2.18. The number of aromatic nitrogens is 2. The topological polar surface area (TPSA) is 17.8 Å². The second kappa shape index (κ2) is 1.34. The van der Waals surface area contributed by atoms with Gasteiger partial charge in [0, 0.05) is 12.2 Å². The van der Waals surface area contributed by atoms with E-state index in [1.54, 1.807) is 0 Å². The fourth-order valence-electron chi connectivity index (χ4n) is 0.806. The van der Waals surface area contributed by atoms with Gasteiger partial charge in [-0.05, 0) is 12.8 Å². The molecule has 1 aliphatic rings. The van der Waals surface area contributed by atoms with Crippen LogP contribution < -0.4 is 0 Å². The molecule has 1 aromatic rings. The molecule has 1 heterocycles. The van der Waals surface area contributed by atoms with Gasteiger partial charge in [0.15, 0.2) is 0 Å². The SMILES string of the molecule is [c]1cn(C2CC2)cn1. The first kappa shape index (κ1) is 4.13. The highest BCUT2D eigenvalue weighted by Crippen LogP contribution is 2.33. The van der Waals surface area contributed by atoms with Crippen LogP contribution in [0.25, 0.3) is 0 Å². The molecule has 2 heteroatoms. The van der Waals surface area contributed by atoms with Crippen LogP contribution in [0.2, 0.25) is 0 Å². The van der Waals surface area contributed by atoms with Crippen LogP contribution in [0.3, 0.4) is 0 Å². The fraction of sp³-hybridized carbons (Fsp3) is 0.500. The fourth-order valence-corrected chi connectivity index (χ4v) is 0.806. The minimum atomic E-state index is 0.758. The normalized spacial score (nSPS) is 19.0. The molecule has 1 aromatic heterocycles. The highest BCUT2D eigenvalue weighted by atomic mass is 15.1.